The number of halogens is 1. The second-order valence-electron chi connectivity index (χ2n) is 5.91. The molecule has 1 aromatic heterocycles. The van der Waals surface area contributed by atoms with E-state index in [1.165, 1.54) is 5.56 Å². The van der Waals surface area contributed by atoms with Crippen molar-refractivity contribution in [3.05, 3.63) is 46.0 Å². The van der Waals surface area contributed by atoms with Gasteiger partial charge < -0.3 is 14.7 Å². The summed E-state index contributed by atoms with van der Waals surface area (Å²) >= 11 is 3.45. The van der Waals surface area contributed by atoms with Gasteiger partial charge in [0, 0.05) is 44.0 Å². The van der Waals surface area contributed by atoms with E-state index in [-0.39, 0.29) is 5.92 Å². The fraction of sp³-hybridized carbons (Fsp3) is 0.471. The van der Waals surface area contributed by atoms with Gasteiger partial charge in [-0.1, -0.05) is 47.1 Å². The van der Waals surface area contributed by atoms with Gasteiger partial charge in [-0.15, -0.1) is 0 Å². The van der Waals surface area contributed by atoms with Gasteiger partial charge in [-0.25, -0.2) is 0 Å². The first-order chi connectivity index (χ1) is 11.5. The molecule has 0 aliphatic carbocycles. The quantitative estimate of drug-likeness (QED) is 0.602. The van der Waals surface area contributed by atoms with Crippen molar-refractivity contribution in [3.63, 3.8) is 0 Å². The number of nitrogens with zero attached hydrogens (tertiary/aromatic N) is 4. The second-order valence-corrected chi connectivity index (χ2v) is 6.82. The molecule has 2 aromatic rings. The van der Waals surface area contributed by atoms with Crippen LogP contribution in [0.25, 0.3) is 0 Å². The molecule has 0 aliphatic heterocycles. The molecule has 1 aromatic carbocycles. The van der Waals surface area contributed by atoms with Gasteiger partial charge in [0.15, 0.2) is 11.8 Å². The van der Waals surface area contributed by atoms with Gasteiger partial charge in [0.25, 0.3) is 0 Å². The van der Waals surface area contributed by atoms with E-state index in [1.807, 2.05) is 33.0 Å². The third-order valence-corrected chi connectivity index (χ3v) is 4.06. The number of guanidine groups is 1. The lowest BCUT2D eigenvalue weighted by atomic mass is 10.2. The Labute approximate surface area is 151 Å². The van der Waals surface area contributed by atoms with Crippen LogP contribution in [-0.2, 0) is 13.0 Å². The van der Waals surface area contributed by atoms with E-state index in [0.29, 0.717) is 18.9 Å². The summed E-state index contributed by atoms with van der Waals surface area (Å²) in [6, 6.07) is 8.28. The van der Waals surface area contributed by atoms with Crippen molar-refractivity contribution in [3.8, 4) is 0 Å². The molecule has 130 valence electrons. The lowest BCUT2D eigenvalue weighted by molar-refractivity contribution is 0.370. The maximum Gasteiger partial charge on any atom is 0.228 e. The van der Waals surface area contributed by atoms with Crippen LogP contribution in [0.1, 0.15) is 37.0 Å². The first-order valence-electron chi connectivity index (χ1n) is 7.98. The number of hydrogen-bond donors (Lipinski definition) is 1. The Morgan fingerprint density at radius 3 is 2.62 bits per heavy atom. The lowest BCUT2D eigenvalue weighted by Gasteiger charge is -2.22. The van der Waals surface area contributed by atoms with Gasteiger partial charge in [0.2, 0.25) is 5.89 Å². The molecule has 0 saturated carbocycles. The smallest absolute Gasteiger partial charge is 0.228 e. The molecule has 1 N–H and O–H groups in total. The molecule has 2 rings (SSSR count). The fourth-order valence-corrected chi connectivity index (χ4v) is 2.47. The summed E-state index contributed by atoms with van der Waals surface area (Å²) in [6.45, 7) is 5.57. The molecule has 0 aliphatic rings. The lowest BCUT2D eigenvalue weighted by Crippen LogP contribution is -2.39. The molecule has 0 amide bonds. The van der Waals surface area contributed by atoms with E-state index in [1.54, 1.807) is 7.05 Å². The molecule has 0 bridgehead atoms. The predicted octanol–water partition coefficient (Wildman–Crippen LogP) is 3.21. The maximum absolute atomic E-state index is 5.25. The van der Waals surface area contributed by atoms with Crippen molar-refractivity contribution in [1.29, 1.82) is 0 Å². The molecule has 6 nitrogen and oxygen atoms in total. The molecular formula is C17H24BrN5O. The number of benzene rings is 1. The van der Waals surface area contributed by atoms with Crippen molar-refractivity contribution in [2.75, 3.05) is 20.6 Å². The number of aliphatic imine (C=N–C) groups is 1. The molecular weight excluding hydrogens is 370 g/mol. The van der Waals surface area contributed by atoms with Crippen LogP contribution in [0, 0.1) is 0 Å². The summed E-state index contributed by atoms with van der Waals surface area (Å²) in [6.07, 6.45) is 0.671. The van der Waals surface area contributed by atoms with E-state index in [0.717, 1.165) is 22.8 Å². The van der Waals surface area contributed by atoms with Crippen LogP contribution >= 0.6 is 15.9 Å². The van der Waals surface area contributed by atoms with E-state index in [2.05, 4.69) is 53.4 Å². The van der Waals surface area contributed by atoms with Crippen LogP contribution in [0.5, 0.6) is 0 Å². The number of rotatable bonds is 6. The van der Waals surface area contributed by atoms with E-state index in [9.17, 15) is 0 Å². The predicted molar refractivity (Wildman–Crippen MR) is 99.1 cm³/mol. The summed E-state index contributed by atoms with van der Waals surface area (Å²) in [4.78, 5) is 10.8. The molecule has 1 heterocycles. The number of hydrogen-bond acceptors (Lipinski definition) is 4. The normalized spacial score (nSPS) is 11.8. The van der Waals surface area contributed by atoms with Gasteiger partial charge in [0.05, 0.1) is 0 Å². The summed E-state index contributed by atoms with van der Waals surface area (Å²) in [5.41, 5.74) is 1.22. The van der Waals surface area contributed by atoms with E-state index < -0.39 is 0 Å². The van der Waals surface area contributed by atoms with E-state index >= 15 is 0 Å². The van der Waals surface area contributed by atoms with Gasteiger partial charge in [-0.05, 0) is 17.7 Å². The Bertz CT molecular complexity index is 666. The zero-order valence-corrected chi connectivity index (χ0v) is 16.2. The molecule has 24 heavy (non-hydrogen) atoms. The van der Waals surface area contributed by atoms with Crippen molar-refractivity contribution in [2.24, 2.45) is 4.99 Å². The zero-order valence-electron chi connectivity index (χ0n) is 14.6. The monoisotopic (exact) mass is 393 g/mol. The summed E-state index contributed by atoms with van der Waals surface area (Å²) < 4.78 is 6.33. The van der Waals surface area contributed by atoms with Crippen molar-refractivity contribution >= 4 is 21.9 Å². The second kappa shape index (κ2) is 8.82. The fourth-order valence-electron chi connectivity index (χ4n) is 2.21. The van der Waals surface area contributed by atoms with Crippen LogP contribution < -0.4 is 5.32 Å². The third-order valence-electron chi connectivity index (χ3n) is 3.53. The van der Waals surface area contributed by atoms with Crippen LogP contribution in [-0.4, -0.2) is 41.6 Å². The van der Waals surface area contributed by atoms with Crippen LogP contribution in [0.3, 0.4) is 0 Å². The standard InChI is InChI=1S/C17H24BrN5O/c1-12(2)16-21-15(24-22-16)9-10-20-17(19-3)23(4)11-13-5-7-14(18)8-6-13/h5-8,12H,9-11H2,1-4H3,(H,19,20). The van der Waals surface area contributed by atoms with Gasteiger partial charge in [0.1, 0.15) is 0 Å². The molecule has 0 unspecified atom stereocenters. The Hall–Kier alpha value is -1.89. The SMILES string of the molecule is CN=C(NCCc1nc(C(C)C)no1)N(C)Cc1ccc(Br)cc1. The van der Waals surface area contributed by atoms with E-state index in [4.69, 9.17) is 4.52 Å². The average molecular weight is 394 g/mol. The first kappa shape index (κ1) is 18.4. The highest BCUT2D eigenvalue weighted by molar-refractivity contribution is 9.10. The van der Waals surface area contributed by atoms with Crippen LogP contribution in [0.2, 0.25) is 0 Å². The Morgan fingerprint density at radius 1 is 1.33 bits per heavy atom. The number of aromatic nitrogens is 2. The highest BCUT2D eigenvalue weighted by Crippen LogP contribution is 2.12. The van der Waals surface area contributed by atoms with Crippen molar-refractivity contribution < 1.29 is 4.52 Å². The summed E-state index contributed by atoms with van der Waals surface area (Å²) in [5, 5.41) is 7.30. The zero-order chi connectivity index (χ0) is 17.5. The van der Waals surface area contributed by atoms with Gasteiger partial charge >= 0.3 is 0 Å². The minimum Gasteiger partial charge on any atom is -0.356 e. The minimum absolute atomic E-state index is 0.278. The minimum atomic E-state index is 0.278. The summed E-state index contributed by atoms with van der Waals surface area (Å²) in [5.74, 6) is 2.51. The Kier molecular flexibility index (Phi) is 6.78. The van der Waals surface area contributed by atoms with Crippen LogP contribution in [0.15, 0.2) is 38.3 Å². The maximum atomic E-state index is 5.25. The Balaban J connectivity index is 1.83. The highest BCUT2D eigenvalue weighted by Gasteiger charge is 2.11. The van der Waals surface area contributed by atoms with Gasteiger partial charge in [-0.3, -0.25) is 4.99 Å². The molecule has 0 radical (unpaired) electrons. The topological polar surface area (TPSA) is 66.5 Å². The Morgan fingerprint density at radius 2 is 2.04 bits per heavy atom. The first-order valence-corrected chi connectivity index (χ1v) is 8.77. The number of nitrogens with one attached hydrogen (secondary N) is 1. The molecule has 0 saturated heterocycles. The largest absolute Gasteiger partial charge is 0.356 e. The van der Waals surface area contributed by atoms with Crippen molar-refractivity contribution in [1.82, 2.24) is 20.4 Å². The summed E-state index contributed by atoms with van der Waals surface area (Å²) in [7, 11) is 3.80. The van der Waals surface area contributed by atoms with Crippen LogP contribution in [0.4, 0.5) is 0 Å². The molecule has 0 spiro atoms. The molecule has 0 atom stereocenters. The van der Waals surface area contributed by atoms with Gasteiger partial charge in [-0.2, -0.15) is 4.98 Å². The highest BCUT2D eigenvalue weighted by atomic mass is 79.9. The average Bonchev–Trinajstić information content (AvgIpc) is 3.03. The molecule has 0 fully saturated rings. The molecule has 7 heteroatoms. The third kappa shape index (κ3) is 5.33. The van der Waals surface area contributed by atoms with Crippen molar-refractivity contribution in [2.45, 2.75) is 32.7 Å².